The summed E-state index contributed by atoms with van der Waals surface area (Å²) in [6.07, 6.45) is 5.14. The third-order valence-electron chi connectivity index (χ3n) is 5.14. The first kappa shape index (κ1) is 23.1. The summed E-state index contributed by atoms with van der Waals surface area (Å²) in [6, 6.07) is 3.72. The van der Waals surface area contributed by atoms with E-state index in [1.165, 1.54) is 5.56 Å². The summed E-state index contributed by atoms with van der Waals surface area (Å²) in [4.78, 5) is 6.75. The molecular weight excluding hydrogens is 485 g/mol. The van der Waals surface area contributed by atoms with Crippen molar-refractivity contribution in [1.82, 2.24) is 20.0 Å². The van der Waals surface area contributed by atoms with E-state index < -0.39 is 0 Å². The maximum absolute atomic E-state index is 5.54. The molecule has 1 aliphatic rings. The predicted octanol–water partition coefficient (Wildman–Crippen LogP) is 2.63. The molecule has 160 valence electrons. The molecule has 1 fully saturated rings. The van der Waals surface area contributed by atoms with Crippen LogP contribution in [-0.2, 0) is 13.6 Å². The number of aromatic nitrogens is 2. The van der Waals surface area contributed by atoms with E-state index in [1.54, 1.807) is 21.3 Å². The monoisotopic (exact) mass is 515 g/mol. The van der Waals surface area contributed by atoms with E-state index in [-0.39, 0.29) is 24.0 Å². The molecule has 0 amide bonds. The molecule has 2 heterocycles. The van der Waals surface area contributed by atoms with Crippen LogP contribution in [0.3, 0.4) is 0 Å². The van der Waals surface area contributed by atoms with Gasteiger partial charge in [-0.15, -0.1) is 24.0 Å². The van der Waals surface area contributed by atoms with Crippen molar-refractivity contribution in [3.8, 4) is 17.2 Å². The molecule has 2 aromatic rings. The van der Waals surface area contributed by atoms with Gasteiger partial charge in [0.25, 0.3) is 0 Å². The summed E-state index contributed by atoms with van der Waals surface area (Å²) in [6.45, 7) is 2.41. The zero-order chi connectivity index (χ0) is 20.1. The van der Waals surface area contributed by atoms with E-state index in [1.807, 2.05) is 37.1 Å². The molecule has 1 aliphatic heterocycles. The fourth-order valence-electron chi connectivity index (χ4n) is 3.63. The lowest BCUT2D eigenvalue weighted by molar-refractivity contribution is 0.367. The van der Waals surface area contributed by atoms with Gasteiger partial charge in [0.1, 0.15) is 17.2 Å². The second-order valence-corrected chi connectivity index (χ2v) is 6.79. The highest BCUT2D eigenvalue weighted by Gasteiger charge is 2.27. The number of methoxy groups -OCH3 is 3. The average molecular weight is 515 g/mol. The van der Waals surface area contributed by atoms with Crippen molar-refractivity contribution in [2.75, 3.05) is 41.5 Å². The van der Waals surface area contributed by atoms with Crippen LogP contribution in [0.5, 0.6) is 17.2 Å². The van der Waals surface area contributed by atoms with Crippen LogP contribution in [0.15, 0.2) is 29.5 Å². The molecule has 3 rings (SSSR count). The number of ether oxygens (including phenoxy) is 3. The SMILES string of the molecule is CN=C(NCc1c(OC)cc(OC)cc1OC)N1CCC(c2cnn(C)c2)C1.I. The Bertz CT molecular complexity index is 814. The average Bonchev–Trinajstić information content (AvgIpc) is 3.37. The lowest BCUT2D eigenvalue weighted by Crippen LogP contribution is -2.39. The Balaban J connectivity index is 0.00000300. The molecule has 29 heavy (non-hydrogen) atoms. The van der Waals surface area contributed by atoms with Gasteiger partial charge in [-0.2, -0.15) is 5.10 Å². The van der Waals surface area contributed by atoms with Crippen LogP contribution in [0.25, 0.3) is 0 Å². The molecule has 1 N–H and O–H groups in total. The highest BCUT2D eigenvalue weighted by molar-refractivity contribution is 14.0. The number of nitrogens with one attached hydrogen (secondary N) is 1. The summed E-state index contributed by atoms with van der Waals surface area (Å²) in [5, 5.41) is 7.74. The zero-order valence-corrected chi connectivity index (χ0v) is 20.0. The molecule has 1 aromatic carbocycles. The Labute approximate surface area is 189 Å². The topological polar surface area (TPSA) is 73.1 Å². The minimum Gasteiger partial charge on any atom is -0.496 e. The number of likely N-dealkylation sites (tertiary alicyclic amines) is 1. The Hall–Kier alpha value is -2.17. The summed E-state index contributed by atoms with van der Waals surface area (Å²) in [5.41, 5.74) is 2.20. The Kier molecular flexibility index (Phi) is 8.42. The molecule has 1 aromatic heterocycles. The third-order valence-corrected chi connectivity index (χ3v) is 5.14. The van der Waals surface area contributed by atoms with Gasteiger partial charge in [-0.1, -0.05) is 0 Å². The van der Waals surface area contributed by atoms with Crippen molar-refractivity contribution in [2.24, 2.45) is 12.0 Å². The Morgan fingerprint density at radius 3 is 2.41 bits per heavy atom. The lowest BCUT2D eigenvalue weighted by atomic mass is 10.0. The molecule has 1 saturated heterocycles. The zero-order valence-electron chi connectivity index (χ0n) is 17.6. The Morgan fingerprint density at radius 2 is 1.90 bits per heavy atom. The van der Waals surface area contributed by atoms with Gasteiger partial charge >= 0.3 is 0 Å². The lowest BCUT2D eigenvalue weighted by Gasteiger charge is -2.23. The second kappa shape index (κ2) is 10.6. The van der Waals surface area contributed by atoms with Gasteiger partial charge in [0.2, 0.25) is 0 Å². The minimum atomic E-state index is 0. The highest BCUT2D eigenvalue weighted by atomic mass is 127. The van der Waals surface area contributed by atoms with Crippen LogP contribution < -0.4 is 19.5 Å². The first-order chi connectivity index (χ1) is 13.6. The number of aryl methyl sites for hydroxylation is 1. The fourth-order valence-corrected chi connectivity index (χ4v) is 3.63. The van der Waals surface area contributed by atoms with Crippen LogP contribution in [-0.4, -0.2) is 62.1 Å². The van der Waals surface area contributed by atoms with Gasteiger partial charge in [0.15, 0.2) is 5.96 Å². The van der Waals surface area contributed by atoms with Crippen molar-refractivity contribution in [3.63, 3.8) is 0 Å². The van der Waals surface area contributed by atoms with E-state index in [0.29, 0.717) is 29.7 Å². The van der Waals surface area contributed by atoms with Crippen LogP contribution in [0.1, 0.15) is 23.5 Å². The van der Waals surface area contributed by atoms with Crippen molar-refractivity contribution < 1.29 is 14.2 Å². The molecule has 8 nitrogen and oxygen atoms in total. The number of nitrogens with zero attached hydrogens (tertiary/aromatic N) is 4. The number of hydrogen-bond acceptors (Lipinski definition) is 5. The molecule has 0 saturated carbocycles. The molecule has 0 spiro atoms. The molecule has 1 atom stereocenters. The highest BCUT2D eigenvalue weighted by Crippen LogP contribution is 2.34. The maximum Gasteiger partial charge on any atom is 0.193 e. The number of benzene rings is 1. The first-order valence-electron chi connectivity index (χ1n) is 9.32. The largest absolute Gasteiger partial charge is 0.496 e. The number of rotatable bonds is 6. The molecule has 0 bridgehead atoms. The van der Waals surface area contributed by atoms with Crippen molar-refractivity contribution in [3.05, 3.63) is 35.7 Å². The molecule has 1 unspecified atom stereocenters. The van der Waals surface area contributed by atoms with Gasteiger partial charge in [0, 0.05) is 51.4 Å². The van der Waals surface area contributed by atoms with Crippen molar-refractivity contribution in [2.45, 2.75) is 18.9 Å². The number of hydrogen-bond donors (Lipinski definition) is 1. The Morgan fingerprint density at radius 1 is 1.21 bits per heavy atom. The smallest absolute Gasteiger partial charge is 0.193 e. The fraction of sp³-hybridized carbons (Fsp3) is 0.500. The molecule has 0 aliphatic carbocycles. The standard InChI is InChI=1S/C20H29N5O3.HI/c1-21-20(25-7-6-14(13-25)15-10-23-24(2)12-15)22-11-17-18(27-4)8-16(26-3)9-19(17)28-5;/h8-10,12,14H,6-7,11,13H2,1-5H3,(H,21,22);1H. The summed E-state index contributed by atoms with van der Waals surface area (Å²) < 4.78 is 18.2. The van der Waals surface area contributed by atoms with Gasteiger partial charge < -0.3 is 24.4 Å². The van der Waals surface area contributed by atoms with Crippen LogP contribution in [0.2, 0.25) is 0 Å². The van der Waals surface area contributed by atoms with E-state index >= 15 is 0 Å². The van der Waals surface area contributed by atoms with E-state index in [0.717, 1.165) is 31.0 Å². The van der Waals surface area contributed by atoms with Gasteiger partial charge in [0.05, 0.1) is 39.6 Å². The quantitative estimate of drug-likeness (QED) is 0.363. The van der Waals surface area contributed by atoms with Crippen LogP contribution in [0, 0.1) is 0 Å². The maximum atomic E-state index is 5.54. The molecule has 9 heteroatoms. The third kappa shape index (κ3) is 5.26. The summed E-state index contributed by atoms with van der Waals surface area (Å²) in [5.74, 6) is 3.46. The van der Waals surface area contributed by atoms with Gasteiger partial charge in [-0.05, 0) is 12.0 Å². The summed E-state index contributed by atoms with van der Waals surface area (Å²) in [7, 11) is 8.67. The van der Waals surface area contributed by atoms with Crippen molar-refractivity contribution in [1.29, 1.82) is 0 Å². The first-order valence-corrected chi connectivity index (χ1v) is 9.32. The van der Waals surface area contributed by atoms with Gasteiger partial charge in [-0.3, -0.25) is 9.67 Å². The van der Waals surface area contributed by atoms with Gasteiger partial charge in [-0.25, -0.2) is 0 Å². The van der Waals surface area contributed by atoms with Crippen molar-refractivity contribution >= 4 is 29.9 Å². The second-order valence-electron chi connectivity index (χ2n) is 6.79. The summed E-state index contributed by atoms with van der Waals surface area (Å²) >= 11 is 0. The van der Waals surface area contributed by atoms with Crippen LogP contribution in [0.4, 0.5) is 0 Å². The van der Waals surface area contributed by atoms with E-state index in [9.17, 15) is 0 Å². The number of halogens is 1. The number of aliphatic imine (C=N–C) groups is 1. The molecule has 0 radical (unpaired) electrons. The van der Waals surface area contributed by atoms with Crippen LogP contribution >= 0.6 is 24.0 Å². The number of guanidine groups is 1. The van der Waals surface area contributed by atoms with E-state index in [4.69, 9.17) is 14.2 Å². The predicted molar refractivity (Wildman–Crippen MR) is 124 cm³/mol. The normalized spacial score (nSPS) is 16.4. The van der Waals surface area contributed by atoms with E-state index in [2.05, 4.69) is 26.5 Å². The minimum absolute atomic E-state index is 0. The molecular formula is C20H30IN5O3.